The number of carbonyl (C=O) groups is 4. The summed E-state index contributed by atoms with van der Waals surface area (Å²) in [5, 5.41) is 11.3. The van der Waals surface area contributed by atoms with Crippen LogP contribution in [0.15, 0.2) is 48.0 Å². The third kappa shape index (κ3) is 3.56. The van der Waals surface area contributed by atoms with Gasteiger partial charge in [0.1, 0.15) is 17.2 Å². The Balaban J connectivity index is 1.53. The van der Waals surface area contributed by atoms with E-state index in [-0.39, 0.29) is 35.8 Å². The van der Waals surface area contributed by atoms with E-state index in [0.717, 1.165) is 16.9 Å². The molecule has 0 bridgehead atoms. The summed E-state index contributed by atoms with van der Waals surface area (Å²) < 4.78 is 10.9. The Bertz CT molecular complexity index is 1570. The van der Waals surface area contributed by atoms with E-state index in [1.54, 1.807) is 12.1 Å². The molecule has 6 atom stereocenters. The van der Waals surface area contributed by atoms with Crippen LogP contribution in [0.5, 0.6) is 17.2 Å². The van der Waals surface area contributed by atoms with Crippen molar-refractivity contribution in [2.24, 2.45) is 17.8 Å². The van der Waals surface area contributed by atoms with Crippen LogP contribution < -0.4 is 14.4 Å². The zero-order valence-electron chi connectivity index (χ0n) is 23.5. The Labute approximate surface area is 253 Å². The van der Waals surface area contributed by atoms with Crippen LogP contribution in [0.3, 0.4) is 0 Å². The second kappa shape index (κ2) is 9.74. The van der Waals surface area contributed by atoms with Crippen molar-refractivity contribution < 1.29 is 33.8 Å². The molecule has 0 radical (unpaired) electrons. The molecule has 3 fully saturated rings. The number of carbonyl (C=O) groups excluding carboxylic acids is 4. The molecule has 2 aromatic carbocycles. The lowest BCUT2D eigenvalue weighted by atomic mass is 9.56. The summed E-state index contributed by atoms with van der Waals surface area (Å²) in [7, 11) is 4.14. The van der Waals surface area contributed by atoms with E-state index >= 15 is 0 Å². The molecule has 2 aliphatic carbocycles. The Morgan fingerprint density at radius 1 is 0.976 bits per heavy atom. The van der Waals surface area contributed by atoms with Crippen molar-refractivity contribution in [2.45, 2.75) is 41.9 Å². The normalized spacial score (nSPS) is 32.0. The topological polar surface area (TPSA) is 113 Å². The van der Waals surface area contributed by atoms with Gasteiger partial charge in [-0.15, -0.1) is 23.2 Å². The lowest BCUT2D eigenvalue weighted by Gasteiger charge is -2.51. The highest BCUT2D eigenvalue weighted by Gasteiger charge is 2.76. The first-order valence-corrected chi connectivity index (χ1v) is 14.5. The molecule has 1 N–H and O–H groups in total. The third-order valence-corrected chi connectivity index (χ3v) is 10.9. The summed E-state index contributed by atoms with van der Waals surface area (Å²) in [6, 6.07) is 10.2. The summed E-state index contributed by atoms with van der Waals surface area (Å²) in [4.78, 5) is 53.4. The SMILES string of the molecule is CCc1ccc(N2C(=O)C3CC=C4C(CC5(Cl)C(=O)N(C)C(=O)C5(Cl)C4c4c(O)cc(OC)cc4OC)C3C2=O)cc1. The van der Waals surface area contributed by atoms with Crippen molar-refractivity contribution >= 4 is 52.5 Å². The van der Waals surface area contributed by atoms with Gasteiger partial charge in [0.2, 0.25) is 11.8 Å². The van der Waals surface area contributed by atoms with E-state index in [4.69, 9.17) is 32.7 Å². The predicted octanol–water partition coefficient (Wildman–Crippen LogP) is 4.17. The number of ether oxygens (including phenoxy) is 2. The number of benzene rings is 2. The number of aromatic hydroxyl groups is 1. The molecule has 4 amide bonds. The van der Waals surface area contributed by atoms with Crippen LogP contribution in [0.1, 0.15) is 36.8 Å². The van der Waals surface area contributed by atoms with Crippen molar-refractivity contribution in [2.75, 3.05) is 26.2 Å². The maximum absolute atomic E-state index is 14.1. The number of fused-ring (bicyclic) bond motifs is 4. The lowest BCUT2D eigenvalue weighted by Crippen LogP contribution is -2.60. The minimum absolute atomic E-state index is 0.142. The number of halogens is 2. The number of alkyl halides is 2. The Morgan fingerprint density at radius 2 is 1.67 bits per heavy atom. The third-order valence-electron chi connectivity index (χ3n) is 9.46. The highest BCUT2D eigenvalue weighted by atomic mass is 35.5. The molecular formula is C31H30Cl2N2O7. The van der Waals surface area contributed by atoms with Gasteiger partial charge in [0.15, 0.2) is 9.75 Å². The fourth-order valence-corrected chi connectivity index (χ4v) is 8.36. The standard InChI is InChI=1S/C31H30Cl2N2O7/c1-5-15-6-8-16(9-7-15)35-26(37)19-11-10-18-20(23(19)27(35)38)14-30(32)28(39)34(2)29(40)31(30,33)25(18)24-21(36)12-17(41-3)13-22(24)42-4/h6-10,12-13,19-20,23,25,36H,5,11,14H2,1-4H3. The number of hydrogen-bond donors (Lipinski definition) is 1. The Hall–Kier alpha value is -3.56. The van der Waals surface area contributed by atoms with Gasteiger partial charge in [0.05, 0.1) is 31.7 Å². The molecule has 6 unspecified atom stereocenters. The number of aryl methyl sites for hydroxylation is 1. The van der Waals surface area contributed by atoms with E-state index in [1.165, 1.54) is 38.3 Å². The number of imide groups is 2. The molecule has 9 nitrogen and oxygen atoms in total. The molecule has 6 rings (SSSR count). The van der Waals surface area contributed by atoms with Crippen LogP contribution in [-0.2, 0) is 25.6 Å². The maximum Gasteiger partial charge on any atom is 0.253 e. The van der Waals surface area contributed by atoms with E-state index in [1.807, 2.05) is 25.1 Å². The largest absolute Gasteiger partial charge is 0.507 e. The van der Waals surface area contributed by atoms with Gasteiger partial charge >= 0.3 is 0 Å². The zero-order valence-corrected chi connectivity index (χ0v) is 25.0. The van der Waals surface area contributed by atoms with E-state index < -0.39 is 51.1 Å². The number of anilines is 1. The number of amides is 4. The van der Waals surface area contributed by atoms with Gasteiger partial charge in [-0.05, 0) is 42.9 Å². The first-order chi connectivity index (χ1) is 19.9. The molecule has 2 aromatic rings. The Morgan fingerprint density at radius 3 is 2.29 bits per heavy atom. The molecule has 4 aliphatic rings. The van der Waals surface area contributed by atoms with Gasteiger partial charge < -0.3 is 14.6 Å². The summed E-state index contributed by atoms with van der Waals surface area (Å²) in [6.45, 7) is 2.02. The number of phenolic OH excluding ortho intramolecular Hbond substituents is 1. The number of rotatable bonds is 5. The van der Waals surface area contributed by atoms with Gasteiger partial charge in [0.25, 0.3) is 11.8 Å². The van der Waals surface area contributed by atoms with Crippen molar-refractivity contribution in [1.82, 2.24) is 4.90 Å². The molecule has 2 saturated heterocycles. The number of methoxy groups -OCH3 is 2. The average molecular weight is 613 g/mol. The van der Waals surface area contributed by atoms with Crippen molar-refractivity contribution in [3.05, 3.63) is 59.2 Å². The minimum Gasteiger partial charge on any atom is -0.507 e. The lowest BCUT2D eigenvalue weighted by molar-refractivity contribution is -0.138. The highest BCUT2D eigenvalue weighted by Crippen LogP contribution is 2.67. The van der Waals surface area contributed by atoms with E-state index in [2.05, 4.69) is 0 Å². The summed E-state index contributed by atoms with van der Waals surface area (Å²) >= 11 is 14.4. The van der Waals surface area contributed by atoms with Gasteiger partial charge in [-0.2, -0.15) is 0 Å². The molecule has 220 valence electrons. The van der Waals surface area contributed by atoms with Crippen LogP contribution in [0.25, 0.3) is 0 Å². The van der Waals surface area contributed by atoms with Crippen LogP contribution in [-0.4, -0.2) is 64.7 Å². The van der Waals surface area contributed by atoms with Gasteiger partial charge in [-0.25, -0.2) is 0 Å². The van der Waals surface area contributed by atoms with E-state index in [9.17, 15) is 24.3 Å². The second-order valence-corrected chi connectivity index (χ2v) is 12.5. The van der Waals surface area contributed by atoms with Crippen molar-refractivity contribution in [3.8, 4) is 17.2 Å². The van der Waals surface area contributed by atoms with Gasteiger partial charge in [0, 0.05) is 30.7 Å². The van der Waals surface area contributed by atoms with Crippen LogP contribution in [0.4, 0.5) is 5.69 Å². The van der Waals surface area contributed by atoms with Crippen LogP contribution in [0, 0.1) is 17.8 Å². The summed E-state index contributed by atoms with van der Waals surface area (Å²) in [5.74, 6) is -5.37. The predicted molar refractivity (Wildman–Crippen MR) is 155 cm³/mol. The van der Waals surface area contributed by atoms with Crippen molar-refractivity contribution in [1.29, 1.82) is 0 Å². The second-order valence-electron chi connectivity index (χ2n) is 11.3. The van der Waals surface area contributed by atoms with Crippen LogP contribution >= 0.6 is 23.2 Å². The maximum atomic E-state index is 14.1. The fourth-order valence-electron chi connectivity index (χ4n) is 7.36. The van der Waals surface area contributed by atoms with Gasteiger partial charge in [-0.3, -0.25) is 29.0 Å². The molecule has 2 heterocycles. The molecule has 1 saturated carbocycles. The molecule has 42 heavy (non-hydrogen) atoms. The quantitative estimate of drug-likeness (QED) is 0.306. The van der Waals surface area contributed by atoms with Gasteiger partial charge in [-0.1, -0.05) is 30.7 Å². The van der Waals surface area contributed by atoms with Crippen molar-refractivity contribution in [3.63, 3.8) is 0 Å². The summed E-state index contributed by atoms with van der Waals surface area (Å²) in [6.07, 6.45) is 2.69. The number of hydrogen-bond acceptors (Lipinski definition) is 7. The summed E-state index contributed by atoms with van der Waals surface area (Å²) in [5.41, 5.74) is 2.24. The smallest absolute Gasteiger partial charge is 0.253 e. The zero-order chi connectivity index (χ0) is 30.3. The number of phenols is 1. The number of likely N-dealkylation sites (tertiary alicyclic amines) is 1. The first kappa shape index (κ1) is 28.6. The first-order valence-electron chi connectivity index (χ1n) is 13.8. The fraction of sp³-hybridized carbons (Fsp3) is 0.419. The van der Waals surface area contributed by atoms with E-state index in [0.29, 0.717) is 17.0 Å². The number of allylic oxidation sites excluding steroid dienone is 2. The molecule has 0 aromatic heterocycles. The number of nitrogens with zero attached hydrogens (tertiary/aromatic N) is 2. The highest BCUT2D eigenvalue weighted by molar-refractivity contribution is 6.53. The minimum atomic E-state index is -2.05. The Kier molecular flexibility index (Phi) is 6.62. The molecule has 2 aliphatic heterocycles. The molecule has 0 spiro atoms. The molecule has 11 heteroatoms. The monoisotopic (exact) mass is 612 g/mol. The van der Waals surface area contributed by atoms with Crippen LogP contribution in [0.2, 0.25) is 0 Å². The average Bonchev–Trinajstić information content (AvgIpc) is 3.32. The molecular weight excluding hydrogens is 583 g/mol.